The van der Waals surface area contributed by atoms with Gasteiger partial charge in [-0.05, 0) is 129 Å². The lowest BCUT2D eigenvalue weighted by molar-refractivity contribution is 0.0902. The third kappa shape index (κ3) is 6.45. The Kier molecular flexibility index (Phi) is 9.44. The predicted octanol–water partition coefficient (Wildman–Crippen LogP) is 10.4. The standard InChI is InChI=1S/C35H48F2O/c1-3-5-24-7-10-26(11-8-24)27-13-15-28(16-14-27)31-18-17-30-21-25(9-12-32(30)22-31)23-38-33-20-19-29(6-4-2)34(36)35(33)37/h13-16,19-20,24-26,30-32H,3-12,17-18,21-23H2,1-2H3. The second-order valence-corrected chi connectivity index (χ2v) is 12.8. The van der Waals surface area contributed by atoms with E-state index >= 15 is 0 Å². The number of hydrogen-bond acceptors (Lipinski definition) is 1. The molecule has 0 bridgehead atoms. The molecule has 0 spiro atoms. The van der Waals surface area contributed by atoms with Crippen LogP contribution in [-0.2, 0) is 6.42 Å². The molecule has 2 aromatic carbocycles. The van der Waals surface area contributed by atoms with Gasteiger partial charge in [0.2, 0.25) is 5.82 Å². The summed E-state index contributed by atoms with van der Waals surface area (Å²) in [6.45, 7) is 4.79. The quantitative estimate of drug-likeness (QED) is 0.318. The van der Waals surface area contributed by atoms with E-state index in [4.69, 9.17) is 4.74 Å². The van der Waals surface area contributed by atoms with Gasteiger partial charge in [-0.15, -0.1) is 0 Å². The van der Waals surface area contributed by atoms with Gasteiger partial charge >= 0.3 is 0 Å². The Balaban J connectivity index is 1.09. The fourth-order valence-electron chi connectivity index (χ4n) is 8.03. The van der Waals surface area contributed by atoms with Crippen LogP contribution in [0.3, 0.4) is 0 Å². The highest BCUT2D eigenvalue weighted by Gasteiger charge is 2.36. The van der Waals surface area contributed by atoms with Crippen molar-refractivity contribution in [2.75, 3.05) is 6.61 Å². The SMILES string of the molecule is CCCc1ccc(OCC2CCC3CC(c4ccc(C5CCC(CCC)CC5)cc4)CCC3C2)c(F)c1F. The van der Waals surface area contributed by atoms with Gasteiger partial charge < -0.3 is 4.74 Å². The van der Waals surface area contributed by atoms with Crippen molar-refractivity contribution >= 4 is 0 Å². The third-order valence-electron chi connectivity index (χ3n) is 10.3. The van der Waals surface area contributed by atoms with Crippen molar-refractivity contribution in [2.24, 2.45) is 23.7 Å². The first-order valence-corrected chi connectivity index (χ1v) is 15.7. The highest BCUT2D eigenvalue weighted by atomic mass is 19.2. The molecule has 0 aliphatic heterocycles. The summed E-state index contributed by atoms with van der Waals surface area (Å²) in [4.78, 5) is 0. The minimum atomic E-state index is -0.819. The molecule has 0 amide bonds. The van der Waals surface area contributed by atoms with E-state index in [0.717, 1.165) is 42.9 Å². The van der Waals surface area contributed by atoms with Crippen LogP contribution >= 0.6 is 0 Å². The van der Waals surface area contributed by atoms with E-state index in [1.54, 1.807) is 23.3 Å². The van der Waals surface area contributed by atoms with E-state index in [1.165, 1.54) is 64.2 Å². The summed E-state index contributed by atoms with van der Waals surface area (Å²) in [6.07, 6.45) is 17.0. The first-order chi connectivity index (χ1) is 18.6. The molecular weight excluding hydrogens is 474 g/mol. The van der Waals surface area contributed by atoms with Crippen molar-refractivity contribution in [3.05, 3.63) is 64.7 Å². The van der Waals surface area contributed by atoms with Crippen LogP contribution in [0.15, 0.2) is 36.4 Å². The van der Waals surface area contributed by atoms with E-state index < -0.39 is 11.6 Å². The van der Waals surface area contributed by atoms with Gasteiger partial charge in [0.05, 0.1) is 6.61 Å². The summed E-state index contributed by atoms with van der Waals surface area (Å²) in [5.74, 6) is 2.93. The van der Waals surface area contributed by atoms with Crippen LogP contribution in [0, 0.1) is 35.3 Å². The Morgan fingerprint density at radius 1 is 0.658 bits per heavy atom. The van der Waals surface area contributed by atoms with E-state index in [0.29, 0.717) is 30.4 Å². The maximum Gasteiger partial charge on any atom is 0.200 e. The molecule has 4 atom stereocenters. The summed E-state index contributed by atoms with van der Waals surface area (Å²) in [7, 11) is 0. The van der Waals surface area contributed by atoms with Gasteiger partial charge in [0.1, 0.15) is 0 Å². The van der Waals surface area contributed by atoms with Crippen LogP contribution in [0.1, 0.15) is 126 Å². The minimum Gasteiger partial charge on any atom is -0.490 e. The molecule has 3 fully saturated rings. The van der Waals surface area contributed by atoms with Gasteiger partial charge in [0.25, 0.3) is 0 Å². The lowest BCUT2D eigenvalue weighted by Gasteiger charge is -2.42. The second kappa shape index (κ2) is 13.0. The topological polar surface area (TPSA) is 9.23 Å². The molecule has 0 aromatic heterocycles. The van der Waals surface area contributed by atoms with Gasteiger partial charge in [0, 0.05) is 0 Å². The normalized spacial score (nSPS) is 29.6. The zero-order chi connectivity index (χ0) is 26.5. The molecule has 0 N–H and O–H groups in total. The molecule has 3 aliphatic carbocycles. The highest BCUT2D eigenvalue weighted by Crippen LogP contribution is 2.48. The Bertz CT molecular complexity index is 1020. The number of hydrogen-bond donors (Lipinski definition) is 0. The van der Waals surface area contributed by atoms with Crippen molar-refractivity contribution in [3.63, 3.8) is 0 Å². The minimum absolute atomic E-state index is 0.0747. The van der Waals surface area contributed by atoms with Gasteiger partial charge in [-0.3, -0.25) is 0 Å². The summed E-state index contributed by atoms with van der Waals surface area (Å²) < 4.78 is 34.6. The number of fused-ring (bicyclic) bond motifs is 1. The lowest BCUT2D eigenvalue weighted by atomic mass is 9.64. The largest absolute Gasteiger partial charge is 0.490 e. The predicted molar refractivity (Wildman–Crippen MR) is 153 cm³/mol. The molecule has 3 saturated carbocycles. The van der Waals surface area contributed by atoms with Crippen LogP contribution < -0.4 is 4.74 Å². The van der Waals surface area contributed by atoms with E-state index in [2.05, 4.69) is 31.2 Å². The van der Waals surface area contributed by atoms with Crippen molar-refractivity contribution in [3.8, 4) is 5.75 Å². The smallest absolute Gasteiger partial charge is 0.200 e. The molecule has 208 valence electrons. The molecule has 38 heavy (non-hydrogen) atoms. The second-order valence-electron chi connectivity index (χ2n) is 12.8. The van der Waals surface area contributed by atoms with Crippen LogP contribution in [0.4, 0.5) is 8.78 Å². The average Bonchev–Trinajstić information content (AvgIpc) is 2.95. The van der Waals surface area contributed by atoms with E-state index in [9.17, 15) is 8.78 Å². The van der Waals surface area contributed by atoms with Crippen molar-refractivity contribution in [1.29, 1.82) is 0 Å². The molecule has 1 nitrogen and oxygen atoms in total. The number of ether oxygens (including phenoxy) is 1. The van der Waals surface area contributed by atoms with Crippen molar-refractivity contribution < 1.29 is 13.5 Å². The van der Waals surface area contributed by atoms with Gasteiger partial charge in [-0.1, -0.05) is 63.4 Å². The number of aryl methyl sites for hydroxylation is 1. The maximum atomic E-state index is 14.5. The summed E-state index contributed by atoms with van der Waals surface area (Å²) >= 11 is 0. The summed E-state index contributed by atoms with van der Waals surface area (Å²) in [5.41, 5.74) is 3.55. The van der Waals surface area contributed by atoms with Crippen LogP contribution in [0.2, 0.25) is 0 Å². The average molecular weight is 523 g/mol. The molecule has 3 heteroatoms. The van der Waals surface area contributed by atoms with E-state index in [-0.39, 0.29) is 5.75 Å². The van der Waals surface area contributed by atoms with Gasteiger partial charge in [-0.2, -0.15) is 4.39 Å². The molecule has 5 rings (SSSR count). The molecular formula is C35H48F2O. The highest BCUT2D eigenvalue weighted by molar-refractivity contribution is 5.31. The Morgan fingerprint density at radius 3 is 2.00 bits per heavy atom. The van der Waals surface area contributed by atoms with Crippen molar-refractivity contribution in [2.45, 2.75) is 116 Å². The zero-order valence-electron chi connectivity index (χ0n) is 23.7. The van der Waals surface area contributed by atoms with Crippen molar-refractivity contribution in [1.82, 2.24) is 0 Å². The number of benzene rings is 2. The van der Waals surface area contributed by atoms with Gasteiger partial charge in [-0.25, -0.2) is 4.39 Å². The number of rotatable bonds is 9. The van der Waals surface area contributed by atoms with Gasteiger partial charge in [0.15, 0.2) is 11.6 Å². The Hall–Kier alpha value is -1.90. The molecule has 3 aliphatic rings. The Labute approximate surface area is 229 Å². The van der Waals surface area contributed by atoms with Crippen LogP contribution in [0.5, 0.6) is 5.75 Å². The fourth-order valence-corrected chi connectivity index (χ4v) is 8.03. The molecule has 0 saturated heterocycles. The van der Waals surface area contributed by atoms with E-state index in [1.807, 2.05) is 6.92 Å². The zero-order valence-corrected chi connectivity index (χ0v) is 23.7. The summed E-state index contributed by atoms with van der Waals surface area (Å²) in [5, 5.41) is 0. The molecule has 0 radical (unpaired) electrons. The maximum absolute atomic E-state index is 14.5. The third-order valence-corrected chi connectivity index (χ3v) is 10.3. The molecule has 4 unspecified atom stereocenters. The molecule has 2 aromatic rings. The molecule has 0 heterocycles. The monoisotopic (exact) mass is 522 g/mol. The number of halogens is 2. The summed E-state index contributed by atoms with van der Waals surface area (Å²) in [6, 6.07) is 13.1. The lowest BCUT2D eigenvalue weighted by Crippen LogP contribution is -2.32. The Morgan fingerprint density at radius 2 is 1.29 bits per heavy atom. The fraction of sp³-hybridized carbons (Fsp3) is 0.657. The first-order valence-electron chi connectivity index (χ1n) is 15.7. The van der Waals surface area contributed by atoms with Crippen LogP contribution in [-0.4, -0.2) is 6.61 Å². The van der Waals surface area contributed by atoms with Crippen LogP contribution in [0.25, 0.3) is 0 Å². The first kappa shape index (κ1) is 27.7.